The minimum Gasteiger partial charge on any atom is -0.198 e. The van der Waals surface area contributed by atoms with E-state index >= 15 is 0 Å². The van der Waals surface area contributed by atoms with E-state index in [0.717, 1.165) is 37.0 Å². The molecule has 2 nitrogen and oxygen atoms in total. The summed E-state index contributed by atoms with van der Waals surface area (Å²) < 4.78 is 0. The molecule has 0 heterocycles. The minimum absolute atomic E-state index is 0.290. The summed E-state index contributed by atoms with van der Waals surface area (Å²) in [4.78, 5) is 0. The Morgan fingerprint density at radius 1 is 1.25 bits per heavy atom. The van der Waals surface area contributed by atoms with Crippen molar-refractivity contribution in [3.05, 3.63) is 0 Å². The second-order valence-electron chi connectivity index (χ2n) is 7.33. The van der Waals surface area contributed by atoms with Gasteiger partial charge in [0.25, 0.3) is 0 Å². The summed E-state index contributed by atoms with van der Waals surface area (Å²) in [6, 6.07) is 4.78. The molecule has 0 aliphatic heterocycles. The second-order valence-corrected chi connectivity index (χ2v) is 7.33. The van der Waals surface area contributed by atoms with Crippen molar-refractivity contribution in [3.63, 3.8) is 0 Å². The number of nitriles is 2. The summed E-state index contributed by atoms with van der Waals surface area (Å²) >= 11 is 0. The van der Waals surface area contributed by atoms with E-state index in [0.29, 0.717) is 17.8 Å². The van der Waals surface area contributed by atoms with Crippen LogP contribution >= 0.6 is 0 Å². The fourth-order valence-corrected chi connectivity index (χ4v) is 4.65. The van der Waals surface area contributed by atoms with Crippen LogP contribution in [-0.2, 0) is 0 Å². The molecule has 0 aromatic rings. The second kappa shape index (κ2) is 6.62. The Morgan fingerprint density at radius 2 is 2.05 bits per heavy atom. The summed E-state index contributed by atoms with van der Waals surface area (Å²) in [5.74, 6) is 2.67. The van der Waals surface area contributed by atoms with Crippen LogP contribution in [0.3, 0.4) is 0 Å². The normalized spacial score (nSPS) is 39.8. The highest BCUT2D eigenvalue weighted by Gasteiger charge is 2.55. The van der Waals surface area contributed by atoms with Crippen LogP contribution in [0.15, 0.2) is 0 Å². The largest absolute Gasteiger partial charge is 0.198 e. The van der Waals surface area contributed by atoms with Gasteiger partial charge in [-0.05, 0) is 68.1 Å². The quantitative estimate of drug-likeness (QED) is 0.634. The Hall–Kier alpha value is -1.02. The monoisotopic (exact) mass is 272 g/mol. The molecule has 5 atom stereocenters. The number of hydrogen-bond donors (Lipinski definition) is 0. The van der Waals surface area contributed by atoms with Crippen LogP contribution in [0.25, 0.3) is 0 Å². The third-order valence-corrected chi connectivity index (χ3v) is 5.85. The van der Waals surface area contributed by atoms with Gasteiger partial charge in [-0.2, -0.15) is 10.5 Å². The Bertz CT molecular complexity index is 401. The molecule has 0 spiro atoms. The molecule has 0 N–H and O–H groups in total. The van der Waals surface area contributed by atoms with E-state index in [-0.39, 0.29) is 0 Å². The molecular weight excluding hydrogens is 244 g/mol. The highest BCUT2D eigenvalue weighted by atomic mass is 14.6. The van der Waals surface area contributed by atoms with Gasteiger partial charge >= 0.3 is 0 Å². The van der Waals surface area contributed by atoms with Gasteiger partial charge in [-0.1, -0.05) is 20.3 Å². The van der Waals surface area contributed by atoms with Crippen LogP contribution in [0, 0.1) is 51.7 Å². The Labute approximate surface area is 124 Å². The Morgan fingerprint density at radius 3 is 2.70 bits per heavy atom. The zero-order chi connectivity index (χ0) is 14.6. The maximum absolute atomic E-state index is 9.25. The molecule has 2 saturated carbocycles. The van der Waals surface area contributed by atoms with Crippen molar-refractivity contribution in [1.82, 2.24) is 0 Å². The van der Waals surface area contributed by atoms with Crippen LogP contribution in [0.4, 0.5) is 0 Å². The van der Waals surface area contributed by atoms with Gasteiger partial charge in [-0.15, -0.1) is 0 Å². The number of nitrogens with zero attached hydrogens (tertiary/aromatic N) is 2. The smallest absolute Gasteiger partial charge is 0.0655 e. The highest BCUT2D eigenvalue weighted by molar-refractivity contribution is 5.05. The van der Waals surface area contributed by atoms with E-state index in [9.17, 15) is 5.26 Å². The summed E-state index contributed by atoms with van der Waals surface area (Å²) in [6.45, 7) is 4.73. The molecule has 0 aromatic carbocycles. The Kier molecular flexibility index (Phi) is 5.09. The molecule has 2 heteroatoms. The fourth-order valence-electron chi connectivity index (χ4n) is 4.65. The lowest BCUT2D eigenvalue weighted by Gasteiger charge is -2.35. The van der Waals surface area contributed by atoms with E-state index in [1.165, 1.54) is 32.1 Å². The van der Waals surface area contributed by atoms with Crippen molar-refractivity contribution < 1.29 is 0 Å². The average molecular weight is 272 g/mol. The number of rotatable bonds is 6. The van der Waals surface area contributed by atoms with Crippen molar-refractivity contribution in [1.29, 1.82) is 10.5 Å². The molecule has 110 valence electrons. The van der Waals surface area contributed by atoms with Crippen LogP contribution in [0.5, 0.6) is 0 Å². The van der Waals surface area contributed by atoms with Gasteiger partial charge in [0.05, 0.1) is 12.1 Å². The van der Waals surface area contributed by atoms with Crippen LogP contribution < -0.4 is 0 Å². The average Bonchev–Trinajstić information content (AvgIpc) is 3.11. The topological polar surface area (TPSA) is 47.6 Å². The van der Waals surface area contributed by atoms with Gasteiger partial charge in [-0.25, -0.2) is 0 Å². The zero-order valence-corrected chi connectivity index (χ0v) is 13.1. The van der Waals surface area contributed by atoms with Crippen LogP contribution in [0.2, 0.25) is 0 Å². The molecule has 2 fully saturated rings. The van der Waals surface area contributed by atoms with Crippen molar-refractivity contribution in [2.75, 3.05) is 0 Å². The molecule has 0 amide bonds. The molecular formula is C18H28N2. The molecule has 2 rings (SSSR count). The minimum atomic E-state index is 0.290. The molecule has 0 bridgehead atoms. The predicted molar refractivity (Wildman–Crippen MR) is 80.5 cm³/mol. The van der Waals surface area contributed by atoms with Gasteiger partial charge in [0.1, 0.15) is 0 Å². The van der Waals surface area contributed by atoms with Gasteiger partial charge in [0, 0.05) is 12.3 Å². The highest BCUT2D eigenvalue weighted by Crippen LogP contribution is 2.63. The zero-order valence-electron chi connectivity index (χ0n) is 13.1. The SMILES string of the molecule is CCCC1(C)CC1C1CC(C#N)CCC1CCCC#N. The fraction of sp³-hybridized carbons (Fsp3) is 0.889. The van der Waals surface area contributed by atoms with Crippen molar-refractivity contribution in [2.24, 2.45) is 29.1 Å². The summed E-state index contributed by atoms with van der Waals surface area (Å²) in [7, 11) is 0. The lowest BCUT2D eigenvalue weighted by molar-refractivity contribution is 0.151. The number of unbranched alkanes of at least 4 members (excludes halogenated alkanes) is 1. The molecule has 0 aromatic heterocycles. The molecule has 0 saturated heterocycles. The van der Waals surface area contributed by atoms with E-state index < -0.39 is 0 Å². The first kappa shape index (κ1) is 15.4. The lowest BCUT2D eigenvalue weighted by Crippen LogP contribution is -2.27. The van der Waals surface area contributed by atoms with Gasteiger partial charge in [0.2, 0.25) is 0 Å². The van der Waals surface area contributed by atoms with Gasteiger partial charge in [-0.3, -0.25) is 0 Å². The molecule has 5 unspecified atom stereocenters. The first-order valence-electron chi connectivity index (χ1n) is 8.41. The molecule has 2 aliphatic rings. The lowest BCUT2D eigenvalue weighted by atomic mass is 9.69. The van der Waals surface area contributed by atoms with Crippen LogP contribution in [-0.4, -0.2) is 0 Å². The van der Waals surface area contributed by atoms with E-state index in [4.69, 9.17) is 5.26 Å². The maximum atomic E-state index is 9.25. The van der Waals surface area contributed by atoms with Crippen molar-refractivity contribution in [2.45, 2.75) is 71.6 Å². The van der Waals surface area contributed by atoms with E-state index in [2.05, 4.69) is 26.0 Å². The summed E-state index contributed by atoms with van der Waals surface area (Å²) in [5, 5.41) is 18.0. The standard InChI is InChI=1S/C18H28N2/c1-3-9-18(2)12-17(18)16-11-14(13-20)7-8-15(16)6-4-5-10-19/h14-17H,3-9,11-12H2,1-2H3. The molecule has 2 aliphatic carbocycles. The van der Waals surface area contributed by atoms with Gasteiger partial charge < -0.3 is 0 Å². The molecule has 0 radical (unpaired) electrons. The third-order valence-electron chi connectivity index (χ3n) is 5.85. The summed E-state index contributed by atoms with van der Waals surface area (Å²) in [5.41, 5.74) is 0.560. The van der Waals surface area contributed by atoms with E-state index in [1.54, 1.807) is 0 Å². The molecule has 20 heavy (non-hydrogen) atoms. The van der Waals surface area contributed by atoms with Crippen molar-refractivity contribution >= 4 is 0 Å². The summed E-state index contributed by atoms with van der Waals surface area (Å²) in [6.07, 6.45) is 10.4. The van der Waals surface area contributed by atoms with E-state index in [1.807, 2.05) is 0 Å². The number of hydrogen-bond acceptors (Lipinski definition) is 2. The third kappa shape index (κ3) is 3.35. The first-order chi connectivity index (χ1) is 9.64. The van der Waals surface area contributed by atoms with Crippen LogP contribution in [0.1, 0.15) is 71.6 Å². The predicted octanol–water partition coefficient (Wildman–Crippen LogP) is 5.06. The Balaban J connectivity index is 1.97. The maximum Gasteiger partial charge on any atom is 0.0655 e. The van der Waals surface area contributed by atoms with Crippen molar-refractivity contribution in [3.8, 4) is 12.1 Å². The van der Waals surface area contributed by atoms with Gasteiger partial charge in [0.15, 0.2) is 0 Å². The first-order valence-corrected chi connectivity index (χ1v) is 8.41.